The van der Waals surface area contributed by atoms with E-state index < -0.39 is 24.0 Å². The first-order chi connectivity index (χ1) is 17.0. The highest BCUT2D eigenvalue weighted by atomic mass is 16.5. The van der Waals surface area contributed by atoms with Crippen LogP contribution in [0.25, 0.3) is 11.1 Å². The molecule has 2 aromatic carbocycles. The van der Waals surface area contributed by atoms with Gasteiger partial charge in [0.1, 0.15) is 19.2 Å². The summed E-state index contributed by atoms with van der Waals surface area (Å²) >= 11 is 0. The second kappa shape index (κ2) is 11.4. The Kier molecular flexibility index (Phi) is 8.02. The van der Waals surface area contributed by atoms with Gasteiger partial charge < -0.3 is 24.8 Å². The van der Waals surface area contributed by atoms with Crippen LogP contribution in [0.2, 0.25) is 0 Å². The minimum absolute atomic E-state index is 0.0942. The highest BCUT2D eigenvalue weighted by Crippen LogP contribution is 2.44. The topological polar surface area (TPSA) is 105 Å². The van der Waals surface area contributed by atoms with Gasteiger partial charge in [0.15, 0.2) is 0 Å². The number of ether oxygens (including phenoxy) is 2. The monoisotopic (exact) mass is 480 g/mol. The molecule has 2 aromatic rings. The van der Waals surface area contributed by atoms with Gasteiger partial charge in [-0.2, -0.15) is 0 Å². The lowest BCUT2D eigenvalue weighted by Crippen LogP contribution is -2.53. The van der Waals surface area contributed by atoms with Gasteiger partial charge in [0.2, 0.25) is 5.91 Å². The third kappa shape index (κ3) is 5.65. The van der Waals surface area contributed by atoms with Crippen LogP contribution in [0.15, 0.2) is 48.5 Å². The normalized spacial score (nSPS) is 15.8. The summed E-state index contributed by atoms with van der Waals surface area (Å²) in [6.07, 6.45) is 2.96. The number of nitrogens with zero attached hydrogens (tertiary/aromatic N) is 1. The van der Waals surface area contributed by atoms with E-state index in [1.807, 2.05) is 36.4 Å². The first kappa shape index (κ1) is 24.7. The molecule has 186 valence electrons. The fourth-order valence-electron chi connectivity index (χ4n) is 5.22. The molecule has 0 spiro atoms. The Hall–Kier alpha value is -3.39. The maximum absolute atomic E-state index is 13.3. The van der Waals surface area contributed by atoms with Crippen molar-refractivity contribution in [1.82, 2.24) is 10.2 Å². The molecule has 0 aromatic heterocycles. The summed E-state index contributed by atoms with van der Waals surface area (Å²) < 4.78 is 10.7. The van der Waals surface area contributed by atoms with Crippen molar-refractivity contribution in [3.05, 3.63) is 59.7 Å². The molecule has 1 atom stereocenters. The Morgan fingerprint density at radius 3 is 2.20 bits per heavy atom. The van der Waals surface area contributed by atoms with E-state index in [0.29, 0.717) is 0 Å². The molecule has 0 aliphatic heterocycles. The van der Waals surface area contributed by atoms with Gasteiger partial charge in [-0.3, -0.25) is 9.59 Å². The number of rotatable bonds is 10. The number of amides is 2. The molecule has 0 saturated heterocycles. The first-order valence-electron chi connectivity index (χ1n) is 12.1. The number of nitrogens with one attached hydrogen (secondary N) is 1. The van der Waals surface area contributed by atoms with Crippen molar-refractivity contribution >= 4 is 18.0 Å². The molecule has 0 radical (unpaired) electrons. The standard InChI is InChI=1S/C27H32N2O6/c1-34-15-14-24(26(32)29(16-25(30)31)18-8-2-3-9-18)28-27(33)35-17-23-21-12-6-4-10-19(21)20-11-5-7-13-22(20)23/h4-7,10-13,18,23-24H,2-3,8-9,14-17H2,1H3,(H,28,33)(H,30,31). The number of methoxy groups -OCH3 is 1. The minimum atomic E-state index is -1.07. The van der Waals surface area contributed by atoms with Gasteiger partial charge in [0, 0.05) is 32.1 Å². The Balaban J connectivity index is 1.44. The zero-order valence-electron chi connectivity index (χ0n) is 19.9. The van der Waals surface area contributed by atoms with Gasteiger partial charge in [-0.25, -0.2) is 4.79 Å². The number of hydrogen-bond donors (Lipinski definition) is 2. The van der Waals surface area contributed by atoms with Gasteiger partial charge in [-0.1, -0.05) is 61.4 Å². The molecule has 35 heavy (non-hydrogen) atoms. The lowest BCUT2D eigenvalue weighted by Gasteiger charge is -2.31. The number of aliphatic carboxylic acids is 1. The minimum Gasteiger partial charge on any atom is -0.480 e. The van der Waals surface area contributed by atoms with Crippen molar-refractivity contribution < 1.29 is 29.0 Å². The van der Waals surface area contributed by atoms with Crippen LogP contribution >= 0.6 is 0 Å². The van der Waals surface area contributed by atoms with E-state index in [1.165, 1.54) is 12.0 Å². The van der Waals surface area contributed by atoms with Crippen molar-refractivity contribution in [3.63, 3.8) is 0 Å². The van der Waals surface area contributed by atoms with E-state index in [2.05, 4.69) is 17.4 Å². The van der Waals surface area contributed by atoms with E-state index >= 15 is 0 Å². The molecule has 2 amide bonds. The molecular weight excluding hydrogens is 448 g/mol. The van der Waals surface area contributed by atoms with E-state index in [-0.39, 0.29) is 38.1 Å². The van der Waals surface area contributed by atoms with Crippen molar-refractivity contribution in [2.24, 2.45) is 0 Å². The molecule has 1 fully saturated rings. The number of carboxylic acid groups (broad SMARTS) is 1. The summed E-state index contributed by atoms with van der Waals surface area (Å²) in [6.45, 7) is -0.0164. The number of benzene rings is 2. The van der Waals surface area contributed by atoms with E-state index in [1.54, 1.807) is 0 Å². The molecule has 0 heterocycles. The Morgan fingerprint density at radius 1 is 1.03 bits per heavy atom. The average Bonchev–Trinajstić information content (AvgIpc) is 3.50. The number of fused-ring (bicyclic) bond motifs is 3. The second-order valence-corrected chi connectivity index (χ2v) is 9.10. The van der Waals surface area contributed by atoms with Crippen LogP contribution < -0.4 is 5.32 Å². The van der Waals surface area contributed by atoms with Crippen LogP contribution in [0.5, 0.6) is 0 Å². The van der Waals surface area contributed by atoms with Crippen molar-refractivity contribution in [2.75, 3.05) is 26.9 Å². The molecule has 0 bridgehead atoms. The SMILES string of the molecule is COCCC(NC(=O)OCC1c2ccccc2-c2ccccc21)C(=O)N(CC(=O)O)C1CCCC1. The third-order valence-corrected chi connectivity index (χ3v) is 6.90. The van der Waals surface area contributed by atoms with Crippen molar-refractivity contribution in [2.45, 2.75) is 50.1 Å². The predicted molar refractivity (Wildman–Crippen MR) is 130 cm³/mol. The van der Waals surface area contributed by atoms with Crippen LogP contribution in [0.3, 0.4) is 0 Å². The lowest BCUT2D eigenvalue weighted by molar-refractivity contribution is -0.147. The summed E-state index contributed by atoms with van der Waals surface area (Å²) in [5.41, 5.74) is 4.46. The average molecular weight is 481 g/mol. The highest BCUT2D eigenvalue weighted by molar-refractivity contribution is 5.88. The van der Waals surface area contributed by atoms with Crippen molar-refractivity contribution in [1.29, 1.82) is 0 Å². The molecule has 1 unspecified atom stereocenters. The van der Waals surface area contributed by atoms with Gasteiger partial charge >= 0.3 is 12.1 Å². The number of carbonyl (C=O) groups is 3. The summed E-state index contributed by atoms with van der Waals surface area (Å²) in [5.74, 6) is -1.58. The van der Waals surface area contributed by atoms with Crippen LogP contribution in [-0.4, -0.2) is 66.9 Å². The zero-order chi connectivity index (χ0) is 24.8. The van der Waals surface area contributed by atoms with E-state index in [0.717, 1.165) is 47.9 Å². The molecule has 1 saturated carbocycles. The molecule has 8 nitrogen and oxygen atoms in total. The van der Waals surface area contributed by atoms with Gasteiger partial charge in [0.05, 0.1) is 0 Å². The molecule has 2 aliphatic rings. The Bertz CT molecular complexity index is 1020. The smallest absolute Gasteiger partial charge is 0.407 e. The van der Waals surface area contributed by atoms with Gasteiger partial charge in [-0.15, -0.1) is 0 Å². The molecule has 2 N–H and O–H groups in total. The fourth-order valence-corrected chi connectivity index (χ4v) is 5.22. The zero-order valence-corrected chi connectivity index (χ0v) is 19.9. The van der Waals surface area contributed by atoms with Crippen LogP contribution in [0, 0.1) is 0 Å². The Labute approximate surface area is 205 Å². The predicted octanol–water partition coefficient (Wildman–Crippen LogP) is 3.79. The number of carbonyl (C=O) groups excluding carboxylic acids is 2. The van der Waals surface area contributed by atoms with Crippen LogP contribution in [-0.2, 0) is 19.1 Å². The lowest BCUT2D eigenvalue weighted by atomic mass is 9.98. The quantitative estimate of drug-likeness (QED) is 0.536. The summed E-state index contributed by atoms with van der Waals surface area (Å²) in [6, 6.07) is 15.1. The number of hydrogen-bond acceptors (Lipinski definition) is 5. The van der Waals surface area contributed by atoms with E-state index in [9.17, 15) is 19.5 Å². The van der Waals surface area contributed by atoms with Gasteiger partial charge in [-0.05, 0) is 35.1 Å². The largest absolute Gasteiger partial charge is 0.480 e. The molecule has 4 rings (SSSR count). The Morgan fingerprint density at radius 2 is 1.63 bits per heavy atom. The maximum atomic E-state index is 13.3. The van der Waals surface area contributed by atoms with Gasteiger partial charge in [0.25, 0.3) is 0 Å². The number of alkyl carbamates (subject to hydrolysis) is 1. The van der Waals surface area contributed by atoms with Crippen LogP contribution in [0.1, 0.15) is 49.1 Å². The highest BCUT2D eigenvalue weighted by Gasteiger charge is 2.34. The third-order valence-electron chi connectivity index (χ3n) is 6.90. The fraction of sp³-hybridized carbons (Fsp3) is 0.444. The van der Waals surface area contributed by atoms with Crippen molar-refractivity contribution in [3.8, 4) is 11.1 Å². The number of carboxylic acids is 1. The summed E-state index contributed by atoms with van der Waals surface area (Å²) in [7, 11) is 1.51. The first-order valence-corrected chi connectivity index (χ1v) is 12.1. The molecule has 2 aliphatic carbocycles. The van der Waals surface area contributed by atoms with E-state index in [4.69, 9.17) is 9.47 Å². The summed E-state index contributed by atoms with van der Waals surface area (Å²) in [5, 5.41) is 12.0. The maximum Gasteiger partial charge on any atom is 0.407 e. The summed E-state index contributed by atoms with van der Waals surface area (Å²) in [4.78, 5) is 39.0. The van der Waals surface area contributed by atoms with Crippen LogP contribution in [0.4, 0.5) is 4.79 Å². The second-order valence-electron chi connectivity index (χ2n) is 9.10. The molecule has 8 heteroatoms. The molecular formula is C27H32N2O6.